The molecule has 132 valence electrons. The molecule has 2 heterocycles. The largest absolute Gasteiger partial charge is 0.457 e. The number of furan rings is 1. The van der Waals surface area contributed by atoms with Crippen molar-refractivity contribution >= 4 is 34.3 Å². The molecule has 0 bridgehead atoms. The summed E-state index contributed by atoms with van der Waals surface area (Å²) in [5.74, 6) is 1.81. The van der Waals surface area contributed by atoms with Crippen molar-refractivity contribution in [3.05, 3.63) is 76.3 Å². The molecule has 1 N–H and O–H groups in total. The van der Waals surface area contributed by atoms with Crippen LogP contribution >= 0.6 is 11.6 Å². The Morgan fingerprint density at radius 3 is 2.85 bits per heavy atom. The van der Waals surface area contributed by atoms with Gasteiger partial charge >= 0.3 is 0 Å². The lowest BCUT2D eigenvalue weighted by Crippen LogP contribution is -1.84. The number of aryl methyl sites for hydroxylation is 1. The maximum absolute atomic E-state index is 9.59. The number of nitrogens with zero attached hydrogens (tertiary/aromatic N) is 2. The molecule has 0 amide bonds. The van der Waals surface area contributed by atoms with E-state index in [1.165, 1.54) is 0 Å². The molecule has 0 aliphatic rings. The fourth-order valence-electron chi connectivity index (χ4n) is 3.00. The topological polar surface area (TPSA) is 65.6 Å². The number of nitriles is 1. The van der Waals surface area contributed by atoms with Crippen molar-refractivity contribution in [3.8, 4) is 17.4 Å². The molecule has 0 aliphatic heterocycles. The monoisotopic (exact) mass is 373 g/mol. The normalized spacial score (nSPS) is 11.7. The average molecular weight is 374 g/mol. The Kier molecular flexibility index (Phi) is 4.31. The molecule has 4 rings (SSSR count). The summed E-state index contributed by atoms with van der Waals surface area (Å²) in [5, 5.41) is 10.3. The number of hydrogen-bond acceptors (Lipinski definition) is 3. The zero-order chi connectivity index (χ0) is 19.0. The van der Waals surface area contributed by atoms with Crippen molar-refractivity contribution in [1.29, 1.82) is 5.26 Å². The highest BCUT2D eigenvalue weighted by Gasteiger charge is 2.12. The van der Waals surface area contributed by atoms with Crippen LogP contribution in [0.2, 0.25) is 5.02 Å². The fourth-order valence-corrected chi connectivity index (χ4v) is 3.17. The van der Waals surface area contributed by atoms with Gasteiger partial charge in [0, 0.05) is 16.7 Å². The van der Waals surface area contributed by atoms with Crippen LogP contribution < -0.4 is 0 Å². The van der Waals surface area contributed by atoms with E-state index in [0.717, 1.165) is 27.7 Å². The first-order valence-corrected chi connectivity index (χ1v) is 8.87. The number of aromatic nitrogens is 2. The van der Waals surface area contributed by atoms with Crippen LogP contribution in [-0.2, 0) is 0 Å². The first kappa shape index (κ1) is 17.1. The van der Waals surface area contributed by atoms with Gasteiger partial charge in [0.05, 0.1) is 16.6 Å². The van der Waals surface area contributed by atoms with Crippen LogP contribution in [0.5, 0.6) is 0 Å². The van der Waals surface area contributed by atoms with E-state index in [1.54, 1.807) is 6.08 Å². The summed E-state index contributed by atoms with van der Waals surface area (Å²) in [7, 11) is 0. The number of H-pyrrole nitrogens is 1. The Balaban J connectivity index is 1.72. The number of benzene rings is 2. The molecular formula is C22H16ClN3O. The number of rotatable bonds is 3. The number of hydrogen-bond donors (Lipinski definition) is 1. The second-order valence-corrected chi connectivity index (χ2v) is 6.80. The van der Waals surface area contributed by atoms with Gasteiger partial charge in [-0.2, -0.15) is 5.26 Å². The van der Waals surface area contributed by atoms with E-state index >= 15 is 0 Å². The van der Waals surface area contributed by atoms with E-state index in [4.69, 9.17) is 16.0 Å². The lowest BCUT2D eigenvalue weighted by Gasteiger charge is -2.03. The first-order valence-electron chi connectivity index (χ1n) is 8.49. The first-order chi connectivity index (χ1) is 13.0. The molecule has 2 aromatic heterocycles. The van der Waals surface area contributed by atoms with Gasteiger partial charge in [0.2, 0.25) is 0 Å². The zero-order valence-corrected chi connectivity index (χ0v) is 15.6. The van der Waals surface area contributed by atoms with Gasteiger partial charge in [-0.3, -0.25) is 0 Å². The van der Waals surface area contributed by atoms with Crippen LogP contribution in [0.3, 0.4) is 0 Å². The highest BCUT2D eigenvalue weighted by molar-refractivity contribution is 6.31. The number of fused-ring (bicyclic) bond motifs is 1. The summed E-state index contributed by atoms with van der Waals surface area (Å²) < 4.78 is 5.92. The fraction of sp³-hybridized carbons (Fsp3) is 0.0909. The van der Waals surface area contributed by atoms with Crippen LogP contribution in [-0.4, -0.2) is 9.97 Å². The smallest absolute Gasteiger partial charge is 0.149 e. The van der Waals surface area contributed by atoms with E-state index in [2.05, 4.69) is 16.0 Å². The van der Waals surface area contributed by atoms with Gasteiger partial charge in [0.25, 0.3) is 0 Å². The van der Waals surface area contributed by atoms with Gasteiger partial charge in [-0.1, -0.05) is 29.8 Å². The van der Waals surface area contributed by atoms with E-state index < -0.39 is 0 Å². The van der Waals surface area contributed by atoms with Gasteiger partial charge in [-0.25, -0.2) is 4.98 Å². The highest BCUT2D eigenvalue weighted by Crippen LogP contribution is 2.30. The third-order valence-corrected chi connectivity index (χ3v) is 4.87. The number of halogens is 1. The number of nitrogens with one attached hydrogen (secondary N) is 1. The summed E-state index contributed by atoms with van der Waals surface area (Å²) in [6, 6.07) is 17.5. The van der Waals surface area contributed by atoms with E-state index in [-0.39, 0.29) is 0 Å². The SMILES string of the molecule is Cc1ccc2nc(/C(C#N)=C/c3ccc(-c4cccc(Cl)c4C)o3)[nH]c2c1. The Hall–Kier alpha value is -3.29. The van der Waals surface area contributed by atoms with Crippen molar-refractivity contribution in [1.82, 2.24) is 9.97 Å². The summed E-state index contributed by atoms with van der Waals surface area (Å²) in [4.78, 5) is 7.71. The van der Waals surface area contributed by atoms with Gasteiger partial charge in [-0.15, -0.1) is 0 Å². The van der Waals surface area contributed by atoms with Crippen molar-refractivity contribution in [3.63, 3.8) is 0 Å². The highest BCUT2D eigenvalue weighted by atomic mass is 35.5. The van der Waals surface area contributed by atoms with Gasteiger partial charge in [-0.05, 0) is 55.3 Å². The molecule has 0 saturated carbocycles. The molecule has 2 aromatic carbocycles. The second-order valence-electron chi connectivity index (χ2n) is 6.39. The molecule has 0 saturated heterocycles. The van der Waals surface area contributed by atoms with Gasteiger partial charge in [0.1, 0.15) is 23.4 Å². The van der Waals surface area contributed by atoms with Gasteiger partial charge < -0.3 is 9.40 Å². The van der Waals surface area contributed by atoms with E-state index in [9.17, 15) is 5.26 Å². The zero-order valence-electron chi connectivity index (χ0n) is 14.9. The lowest BCUT2D eigenvalue weighted by molar-refractivity contribution is 0.571. The van der Waals surface area contributed by atoms with Crippen molar-refractivity contribution < 1.29 is 4.42 Å². The number of aromatic amines is 1. The third-order valence-electron chi connectivity index (χ3n) is 4.46. The second kappa shape index (κ2) is 6.79. The number of imidazole rings is 1. The minimum atomic E-state index is 0.410. The minimum absolute atomic E-state index is 0.410. The van der Waals surface area contributed by atoms with Crippen LogP contribution in [0.15, 0.2) is 52.9 Å². The molecule has 4 aromatic rings. The molecule has 0 fully saturated rings. The minimum Gasteiger partial charge on any atom is -0.457 e. The van der Waals surface area contributed by atoms with Crippen LogP contribution in [0.1, 0.15) is 22.7 Å². The van der Waals surface area contributed by atoms with Crippen LogP contribution in [0, 0.1) is 25.2 Å². The van der Waals surface area contributed by atoms with E-state index in [1.807, 2.05) is 62.4 Å². The maximum Gasteiger partial charge on any atom is 0.149 e. The molecule has 0 atom stereocenters. The Bertz CT molecular complexity index is 1220. The molecular weight excluding hydrogens is 358 g/mol. The van der Waals surface area contributed by atoms with Crippen molar-refractivity contribution in [2.45, 2.75) is 13.8 Å². The predicted molar refractivity (Wildman–Crippen MR) is 108 cm³/mol. The summed E-state index contributed by atoms with van der Waals surface area (Å²) in [6.45, 7) is 3.97. The quantitative estimate of drug-likeness (QED) is 0.437. The molecule has 0 spiro atoms. The summed E-state index contributed by atoms with van der Waals surface area (Å²) in [6.07, 6.45) is 1.69. The predicted octanol–water partition coefficient (Wildman–Crippen LogP) is 6.16. The molecule has 4 nitrogen and oxygen atoms in total. The average Bonchev–Trinajstić information content (AvgIpc) is 3.28. The van der Waals surface area contributed by atoms with Gasteiger partial charge in [0.15, 0.2) is 0 Å². The van der Waals surface area contributed by atoms with Crippen molar-refractivity contribution in [2.75, 3.05) is 0 Å². The molecule has 5 heteroatoms. The maximum atomic E-state index is 9.59. The molecule has 0 aliphatic carbocycles. The van der Waals surface area contributed by atoms with Crippen LogP contribution in [0.25, 0.3) is 34.0 Å². The summed E-state index contributed by atoms with van der Waals surface area (Å²) in [5.41, 5.74) is 5.16. The van der Waals surface area contributed by atoms with Crippen molar-refractivity contribution in [2.24, 2.45) is 0 Å². The van der Waals surface area contributed by atoms with E-state index in [0.29, 0.717) is 27.9 Å². The molecule has 27 heavy (non-hydrogen) atoms. The molecule has 0 unspecified atom stereocenters. The molecule has 0 radical (unpaired) electrons. The Morgan fingerprint density at radius 2 is 2.04 bits per heavy atom. The standard InChI is InChI=1S/C22H16ClN3O/c1-13-6-8-19-20(10-13)26-22(25-19)15(12-24)11-16-7-9-21(27-16)17-4-3-5-18(23)14(17)2/h3-11H,1-2H3,(H,25,26)/b15-11+. The lowest BCUT2D eigenvalue weighted by atomic mass is 10.1. The Morgan fingerprint density at radius 1 is 1.19 bits per heavy atom. The third kappa shape index (κ3) is 3.25. The van der Waals surface area contributed by atoms with Crippen LogP contribution in [0.4, 0.5) is 0 Å². The summed E-state index contributed by atoms with van der Waals surface area (Å²) >= 11 is 6.20. The Labute approximate surface area is 161 Å². The number of allylic oxidation sites excluding steroid dienone is 1.